The van der Waals surface area contributed by atoms with Crippen LogP contribution in [0.3, 0.4) is 0 Å². The molecule has 0 saturated heterocycles. The van der Waals surface area contributed by atoms with Gasteiger partial charge in [0.25, 0.3) is 0 Å². The van der Waals surface area contributed by atoms with Crippen LogP contribution in [0.1, 0.15) is 30.0 Å². The summed E-state index contributed by atoms with van der Waals surface area (Å²) < 4.78 is 15.2. The van der Waals surface area contributed by atoms with E-state index < -0.39 is 0 Å². The van der Waals surface area contributed by atoms with Crippen molar-refractivity contribution in [2.24, 2.45) is 11.7 Å². The van der Waals surface area contributed by atoms with Crippen molar-refractivity contribution in [2.75, 3.05) is 0 Å². The molecule has 1 unspecified atom stereocenters. The second-order valence-corrected chi connectivity index (χ2v) is 5.62. The molecule has 1 saturated carbocycles. The number of hydrogen-bond acceptors (Lipinski definition) is 1. The van der Waals surface area contributed by atoms with Crippen molar-refractivity contribution in [1.82, 2.24) is 4.57 Å². The fourth-order valence-electron chi connectivity index (χ4n) is 2.34. The third-order valence-corrected chi connectivity index (χ3v) is 4.02. The first-order valence-electron chi connectivity index (χ1n) is 6.48. The number of halogens is 2. The van der Waals surface area contributed by atoms with E-state index in [0.29, 0.717) is 17.5 Å². The van der Waals surface area contributed by atoms with Gasteiger partial charge >= 0.3 is 0 Å². The number of hydrogen-bond donors (Lipinski definition) is 1. The smallest absolute Gasteiger partial charge is 0.123 e. The topological polar surface area (TPSA) is 30.9 Å². The van der Waals surface area contributed by atoms with Gasteiger partial charge in [0.2, 0.25) is 0 Å². The van der Waals surface area contributed by atoms with Gasteiger partial charge in [-0.25, -0.2) is 4.39 Å². The van der Waals surface area contributed by atoms with Crippen molar-refractivity contribution in [3.8, 4) is 0 Å². The maximum absolute atomic E-state index is 13.2. The molecule has 2 N–H and O–H groups in total. The van der Waals surface area contributed by atoms with Crippen LogP contribution in [0.15, 0.2) is 36.7 Å². The van der Waals surface area contributed by atoms with E-state index in [9.17, 15) is 4.39 Å². The van der Waals surface area contributed by atoms with Gasteiger partial charge in [0, 0.05) is 30.0 Å². The molecule has 1 heterocycles. The summed E-state index contributed by atoms with van der Waals surface area (Å²) in [7, 11) is 0. The van der Waals surface area contributed by atoms with Gasteiger partial charge < -0.3 is 10.3 Å². The van der Waals surface area contributed by atoms with Crippen LogP contribution in [0.4, 0.5) is 4.39 Å². The number of nitrogens with two attached hydrogens (primary N) is 1. The van der Waals surface area contributed by atoms with Crippen LogP contribution in [0, 0.1) is 11.7 Å². The van der Waals surface area contributed by atoms with Crippen molar-refractivity contribution in [2.45, 2.75) is 25.4 Å². The Bertz CT molecular complexity index is 590. The second-order valence-electron chi connectivity index (χ2n) is 5.22. The monoisotopic (exact) mass is 278 g/mol. The minimum Gasteiger partial charge on any atom is -0.350 e. The maximum atomic E-state index is 13.2. The highest BCUT2D eigenvalue weighted by molar-refractivity contribution is 6.31. The lowest BCUT2D eigenvalue weighted by Gasteiger charge is -2.08. The lowest BCUT2D eigenvalue weighted by Crippen LogP contribution is -2.11. The Labute approximate surface area is 117 Å². The lowest BCUT2D eigenvalue weighted by molar-refractivity contribution is 0.622. The predicted octanol–water partition coefficient (Wildman–Crippen LogP) is 3.74. The largest absolute Gasteiger partial charge is 0.350 e. The standard InChI is InChI=1S/C15H16ClFN2/c16-14-4-3-13(17)7-12(14)9-19-6-5-11(8-19)15(18)10-1-2-10/h3-8,10,15H,1-2,9,18H2. The fourth-order valence-corrected chi connectivity index (χ4v) is 2.52. The van der Waals surface area contributed by atoms with E-state index in [4.69, 9.17) is 17.3 Å². The van der Waals surface area contributed by atoms with Crippen LogP contribution in [0.2, 0.25) is 5.02 Å². The molecule has 2 aromatic rings. The fraction of sp³-hybridized carbons (Fsp3) is 0.333. The summed E-state index contributed by atoms with van der Waals surface area (Å²) >= 11 is 6.07. The maximum Gasteiger partial charge on any atom is 0.123 e. The van der Waals surface area contributed by atoms with Crippen LogP contribution in [-0.2, 0) is 6.54 Å². The first-order valence-corrected chi connectivity index (χ1v) is 6.86. The third kappa shape index (κ3) is 2.82. The Balaban J connectivity index is 1.77. The molecule has 0 radical (unpaired) electrons. The van der Waals surface area contributed by atoms with E-state index >= 15 is 0 Å². The molecule has 0 amide bonds. The molecule has 0 bridgehead atoms. The second kappa shape index (κ2) is 4.99. The minimum atomic E-state index is -0.263. The number of aromatic nitrogens is 1. The Kier molecular flexibility index (Phi) is 3.33. The van der Waals surface area contributed by atoms with Gasteiger partial charge in [0.15, 0.2) is 0 Å². The van der Waals surface area contributed by atoms with Crippen LogP contribution in [0.25, 0.3) is 0 Å². The molecule has 1 aliphatic rings. The Morgan fingerprint density at radius 3 is 2.89 bits per heavy atom. The zero-order valence-corrected chi connectivity index (χ0v) is 11.3. The molecule has 100 valence electrons. The molecule has 19 heavy (non-hydrogen) atoms. The van der Waals surface area contributed by atoms with Crippen molar-refractivity contribution in [1.29, 1.82) is 0 Å². The van der Waals surface area contributed by atoms with E-state index in [0.717, 1.165) is 11.1 Å². The number of nitrogens with zero attached hydrogens (tertiary/aromatic N) is 1. The van der Waals surface area contributed by atoms with E-state index in [1.165, 1.54) is 25.0 Å². The van der Waals surface area contributed by atoms with E-state index in [-0.39, 0.29) is 11.9 Å². The molecular weight excluding hydrogens is 263 g/mol. The minimum absolute atomic E-state index is 0.129. The number of benzene rings is 1. The summed E-state index contributed by atoms with van der Waals surface area (Å²) in [4.78, 5) is 0. The zero-order valence-electron chi connectivity index (χ0n) is 10.5. The Morgan fingerprint density at radius 2 is 2.16 bits per heavy atom. The normalized spacial score (nSPS) is 16.6. The van der Waals surface area contributed by atoms with Crippen molar-refractivity contribution >= 4 is 11.6 Å². The summed E-state index contributed by atoms with van der Waals surface area (Å²) in [5.41, 5.74) is 8.09. The number of rotatable bonds is 4. The summed E-state index contributed by atoms with van der Waals surface area (Å²) in [6, 6.07) is 6.60. The highest BCUT2D eigenvalue weighted by Gasteiger charge is 2.29. The van der Waals surface area contributed by atoms with E-state index in [1.54, 1.807) is 6.07 Å². The molecule has 1 aliphatic carbocycles. The summed E-state index contributed by atoms with van der Waals surface area (Å²) in [5.74, 6) is 0.370. The van der Waals surface area contributed by atoms with Crippen LogP contribution in [-0.4, -0.2) is 4.57 Å². The molecular formula is C15H16ClFN2. The van der Waals surface area contributed by atoms with Gasteiger partial charge in [-0.05, 0) is 54.2 Å². The zero-order chi connectivity index (χ0) is 13.4. The van der Waals surface area contributed by atoms with Gasteiger partial charge in [-0.2, -0.15) is 0 Å². The first kappa shape index (κ1) is 12.7. The molecule has 1 aromatic heterocycles. The van der Waals surface area contributed by atoms with Gasteiger partial charge in [-0.3, -0.25) is 0 Å². The van der Waals surface area contributed by atoms with Gasteiger partial charge in [0.1, 0.15) is 5.82 Å². The van der Waals surface area contributed by atoms with E-state index in [1.807, 2.05) is 23.0 Å². The van der Waals surface area contributed by atoms with Crippen LogP contribution in [0.5, 0.6) is 0 Å². The van der Waals surface area contributed by atoms with Gasteiger partial charge in [-0.15, -0.1) is 0 Å². The first-order chi connectivity index (χ1) is 9.13. The molecule has 2 nitrogen and oxygen atoms in total. The molecule has 1 fully saturated rings. The average Bonchev–Trinajstić information content (AvgIpc) is 3.13. The Hall–Kier alpha value is -1.32. The van der Waals surface area contributed by atoms with Crippen molar-refractivity contribution in [3.05, 3.63) is 58.6 Å². The third-order valence-electron chi connectivity index (χ3n) is 3.65. The molecule has 0 aliphatic heterocycles. The predicted molar refractivity (Wildman–Crippen MR) is 74.6 cm³/mol. The molecule has 1 aromatic carbocycles. The quantitative estimate of drug-likeness (QED) is 0.907. The van der Waals surface area contributed by atoms with Gasteiger partial charge in [0.05, 0.1) is 0 Å². The Morgan fingerprint density at radius 1 is 1.37 bits per heavy atom. The van der Waals surface area contributed by atoms with Crippen molar-refractivity contribution < 1.29 is 4.39 Å². The molecule has 4 heteroatoms. The van der Waals surface area contributed by atoms with Crippen LogP contribution >= 0.6 is 11.6 Å². The van der Waals surface area contributed by atoms with E-state index in [2.05, 4.69) is 0 Å². The van der Waals surface area contributed by atoms with Gasteiger partial charge in [-0.1, -0.05) is 11.6 Å². The summed E-state index contributed by atoms with van der Waals surface area (Å²) in [5, 5.41) is 0.586. The highest BCUT2D eigenvalue weighted by atomic mass is 35.5. The molecule has 1 atom stereocenters. The summed E-state index contributed by atoms with van der Waals surface area (Å²) in [6.07, 6.45) is 6.45. The molecule has 3 rings (SSSR count). The average molecular weight is 279 g/mol. The highest BCUT2D eigenvalue weighted by Crippen LogP contribution is 2.39. The SMILES string of the molecule is NC(c1ccn(Cc2cc(F)ccc2Cl)c1)C1CC1. The molecule has 0 spiro atoms. The lowest BCUT2D eigenvalue weighted by atomic mass is 10.1. The summed E-state index contributed by atoms with van der Waals surface area (Å²) in [6.45, 7) is 0.563. The van der Waals surface area contributed by atoms with Crippen molar-refractivity contribution in [3.63, 3.8) is 0 Å². The van der Waals surface area contributed by atoms with Crippen LogP contribution < -0.4 is 5.73 Å².